The van der Waals surface area contributed by atoms with Crippen molar-refractivity contribution in [3.05, 3.63) is 0 Å². The first-order valence-electron chi connectivity index (χ1n) is 7.51. The largest absolute Gasteiger partial charge is 0.466 e. The van der Waals surface area contributed by atoms with E-state index in [4.69, 9.17) is 10.5 Å². The lowest BCUT2D eigenvalue weighted by Gasteiger charge is -2.37. The quantitative estimate of drug-likeness (QED) is 0.703. The van der Waals surface area contributed by atoms with Crippen LogP contribution in [0.4, 0.5) is 4.79 Å². The molecule has 2 fully saturated rings. The number of hydrogen-bond acceptors (Lipinski definition) is 4. The van der Waals surface area contributed by atoms with E-state index in [1.807, 2.05) is 0 Å². The summed E-state index contributed by atoms with van der Waals surface area (Å²) in [5.74, 6) is 0.735. The molecule has 3 N–H and O–H groups in total. The van der Waals surface area contributed by atoms with Crippen LogP contribution in [0.25, 0.3) is 0 Å². The molecule has 114 valence electrons. The van der Waals surface area contributed by atoms with Crippen molar-refractivity contribution in [3.63, 3.8) is 0 Å². The van der Waals surface area contributed by atoms with Gasteiger partial charge in [-0.1, -0.05) is 0 Å². The number of urea groups is 1. The minimum absolute atomic E-state index is 0.131. The lowest BCUT2D eigenvalue weighted by Crippen LogP contribution is -2.53. The average molecular weight is 283 g/mol. The zero-order chi connectivity index (χ0) is 14.5. The highest BCUT2D eigenvalue weighted by Crippen LogP contribution is 2.28. The van der Waals surface area contributed by atoms with Crippen LogP contribution in [0.2, 0.25) is 0 Å². The van der Waals surface area contributed by atoms with E-state index in [9.17, 15) is 9.59 Å². The molecule has 1 aliphatic heterocycles. The molecule has 6 heteroatoms. The summed E-state index contributed by atoms with van der Waals surface area (Å²) in [7, 11) is 0. The fraction of sp³-hybridized carbons (Fsp3) is 0.857. The van der Waals surface area contributed by atoms with Crippen LogP contribution in [-0.2, 0) is 9.53 Å². The summed E-state index contributed by atoms with van der Waals surface area (Å²) in [6.45, 7) is 4.39. The SMILES string of the molecule is CCOC(=O)CC1CC(NCC2CC2)CN(C(N)=O)C1. The second kappa shape index (κ2) is 6.92. The summed E-state index contributed by atoms with van der Waals surface area (Å²) in [5.41, 5.74) is 5.39. The van der Waals surface area contributed by atoms with Crippen LogP contribution in [0.5, 0.6) is 0 Å². The van der Waals surface area contributed by atoms with Crippen LogP contribution in [0.15, 0.2) is 0 Å². The molecular weight excluding hydrogens is 258 g/mol. The Balaban J connectivity index is 1.85. The van der Waals surface area contributed by atoms with E-state index >= 15 is 0 Å². The van der Waals surface area contributed by atoms with Crippen LogP contribution in [0, 0.1) is 11.8 Å². The van der Waals surface area contributed by atoms with E-state index < -0.39 is 6.03 Å². The normalized spacial score (nSPS) is 26.4. The Morgan fingerprint density at radius 3 is 2.65 bits per heavy atom. The summed E-state index contributed by atoms with van der Waals surface area (Å²) in [6, 6.07) is -0.173. The van der Waals surface area contributed by atoms with Crippen molar-refractivity contribution in [1.29, 1.82) is 0 Å². The maximum Gasteiger partial charge on any atom is 0.314 e. The van der Waals surface area contributed by atoms with E-state index in [0.29, 0.717) is 26.1 Å². The highest BCUT2D eigenvalue weighted by Gasteiger charge is 2.31. The number of hydrogen-bond donors (Lipinski definition) is 2. The Labute approximate surface area is 120 Å². The van der Waals surface area contributed by atoms with Crippen molar-refractivity contribution in [1.82, 2.24) is 10.2 Å². The zero-order valence-electron chi connectivity index (χ0n) is 12.1. The van der Waals surface area contributed by atoms with E-state index in [1.165, 1.54) is 12.8 Å². The Hall–Kier alpha value is -1.30. The minimum Gasteiger partial charge on any atom is -0.466 e. The number of carbonyl (C=O) groups is 2. The van der Waals surface area contributed by atoms with Gasteiger partial charge < -0.3 is 20.7 Å². The maximum absolute atomic E-state index is 11.6. The third-order valence-electron chi connectivity index (χ3n) is 4.00. The van der Waals surface area contributed by atoms with Crippen LogP contribution >= 0.6 is 0 Å². The molecule has 1 heterocycles. The van der Waals surface area contributed by atoms with Gasteiger partial charge in [-0.25, -0.2) is 4.79 Å². The fourth-order valence-corrected chi connectivity index (χ4v) is 2.79. The van der Waals surface area contributed by atoms with Gasteiger partial charge in [-0.2, -0.15) is 0 Å². The monoisotopic (exact) mass is 283 g/mol. The molecule has 0 aromatic heterocycles. The molecule has 2 amide bonds. The molecule has 0 bridgehead atoms. The Kier molecular flexibility index (Phi) is 5.23. The lowest BCUT2D eigenvalue weighted by molar-refractivity contribution is -0.144. The van der Waals surface area contributed by atoms with Gasteiger partial charge in [0.2, 0.25) is 0 Å². The van der Waals surface area contributed by atoms with Gasteiger partial charge in [-0.15, -0.1) is 0 Å². The molecule has 0 radical (unpaired) electrons. The third kappa shape index (κ3) is 4.67. The number of nitrogens with one attached hydrogen (secondary N) is 1. The van der Waals surface area contributed by atoms with Crippen LogP contribution in [-0.4, -0.2) is 49.2 Å². The van der Waals surface area contributed by atoms with Crippen molar-refractivity contribution < 1.29 is 14.3 Å². The van der Waals surface area contributed by atoms with Gasteiger partial charge in [0.1, 0.15) is 0 Å². The van der Waals surface area contributed by atoms with Gasteiger partial charge in [0.15, 0.2) is 0 Å². The molecule has 1 saturated heterocycles. The number of esters is 1. The molecule has 2 atom stereocenters. The first-order chi connectivity index (χ1) is 9.58. The molecule has 20 heavy (non-hydrogen) atoms. The minimum atomic E-state index is -0.406. The summed E-state index contributed by atoms with van der Waals surface area (Å²) in [6.07, 6.45) is 3.85. The van der Waals surface area contributed by atoms with E-state index in [1.54, 1.807) is 11.8 Å². The topological polar surface area (TPSA) is 84.7 Å². The Bertz CT molecular complexity index is 358. The highest BCUT2D eigenvalue weighted by molar-refractivity contribution is 5.73. The zero-order valence-corrected chi connectivity index (χ0v) is 12.1. The molecular formula is C14H25N3O3. The van der Waals surface area contributed by atoms with E-state index in [2.05, 4.69) is 5.32 Å². The van der Waals surface area contributed by atoms with Gasteiger partial charge in [-0.3, -0.25) is 4.79 Å². The van der Waals surface area contributed by atoms with Gasteiger partial charge in [0, 0.05) is 19.1 Å². The third-order valence-corrected chi connectivity index (χ3v) is 4.00. The summed E-state index contributed by atoms with van der Waals surface area (Å²) >= 11 is 0. The molecule has 2 rings (SSSR count). The molecule has 1 saturated carbocycles. The number of likely N-dealkylation sites (tertiary alicyclic amines) is 1. The smallest absolute Gasteiger partial charge is 0.314 e. The standard InChI is InChI=1S/C14H25N3O3/c1-2-20-13(18)6-11-5-12(16-7-10-3-4-10)9-17(8-11)14(15)19/h10-12,16H,2-9H2,1H3,(H2,15,19). The van der Waals surface area contributed by atoms with Gasteiger partial charge >= 0.3 is 12.0 Å². The summed E-state index contributed by atoms with van der Waals surface area (Å²) in [4.78, 5) is 24.6. The number of carbonyl (C=O) groups excluding carboxylic acids is 2. The van der Waals surface area contributed by atoms with Gasteiger partial charge in [0.05, 0.1) is 13.0 Å². The molecule has 0 aromatic rings. The summed E-state index contributed by atoms with van der Waals surface area (Å²) < 4.78 is 4.99. The van der Waals surface area contributed by atoms with E-state index in [0.717, 1.165) is 18.9 Å². The first kappa shape index (κ1) is 15.1. The summed E-state index contributed by atoms with van der Waals surface area (Å²) in [5, 5.41) is 3.50. The average Bonchev–Trinajstić information content (AvgIpc) is 3.20. The van der Waals surface area contributed by atoms with Crippen LogP contribution < -0.4 is 11.1 Å². The second-order valence-corrected chi connectivity index (χ2v) is 5.90. The molecule has 0 aromatic carbocycles. The van der Waals surface area contributed by atoms with Crippen molar-refractivity contribution in [2.75, 3.05) is 26.2 Å². The van der Waals surface area contributed by atoms with Crippen molar-refractivity contribution in [2.45, 2.75) is 38.6 Å². The first-order valence-corrected chi connectivity index (χ1v) is 7.51. The number of nitrogens with two attached hydrogens (primary N) is 1. The highest BCUT2D eigenvalue weighted by atomic mass is 16.5. The number of ether oxygens (including phenoxy) is 1. The van der Waals surface area contributed by atoms with Crippen molar-refractivity contribution >= 4 is 12.0 Å². The van der Waals surface area contributed by atoms with E-state index in [-0.39, 0.29) is 17.9 Å². The van der Waals surface area contributed by atoms with Crippen LogP contribution in [0.1, 0.15) is 32.6 Å². The number of piperidine rings is 1. The predicted molar refractivity (Wildman–Crippen MR) is 75.0 cm³/mol. The predicted octanol–water partition coefficient (Wildman–Crippen LogP) is 0.708. The molecule has 6 nitrogen and oxygen atoms in total. The lowest BCUT2D eigenvalue weighted by atomic mass is 9.91. The fourth-order valence-electron chi connectivity index (χ4n) is 2.79. The number of rotatable bonds is 6. The van der Waals surface area contributed by atoms with Crippen LogP contribution in [0.3, 0.4) is 0 Å². The molecule has 2 unspecified atom stereocenters. The maximum atomic E-state index is 11.6. The van der Waals surface area contributed by atoms with Crippen molar-refractivity contribution in [3.8, 4) is 0 Å². The Morgan fingerprint density at radius 2 is 2.05 bits per heavy atom. The van der Waals surface area contributed by atoms with Gasteiger partial charge in [0.25, 0.3) is 0 Å². The number of amides is 2. The van der Waals surface area contributed by atoms with Gasteiger partial charge in [-0.05, 0) is 44.6 Å². The van der Waals surface area contributed by atoms with Crippen molar-refractivity contribution in [2.24, 2.45) is 17.6 Å². The number of primary amides is 1. The Morgan fingerprint density at radius 1 is 1.30 bits per heavy atom. The number of nitrogens with zero attached hydrogens (tertiary/aromatic N) is 1. The molecule has 1 aliphatic carbocycles. The second-order valence-electron chi connectivity index (χ2n) is 5.90. The molecule has 0 spiro atoms. The molecule has 2 aliphatic rings.